The molecule has 2 heterocycles. The zero-order valence-corrected chi connectivity index (χ0v) is 22.5. The molecule has 8 nitrogen and oxygen atoms in total. The van der Waals surface area contributed by atoms with E-state index in [2.05, 4.69) is 28.1 Å². The van der Waals surface area contributed by atoms with E-state index in [4.69, 9.17) is 9.73 Å². The number of fused-ring (bicyclic) bond motifs is 3. The van der Waals surface area contributed by atoms with Gasteiger partial charge in [-0.15, -0.1) is 0 Å². The summed E-state index contributed by atoms with van der Waals surface area (Å²) < 4.78 is 7.89. The second kappa shape index (κ2) is 9.38. The van der Waals surface area contributed by atoms with Crippen LogP contribution in [0.5, 0.6) is 11.5 Å². The minimum absolute atomic E-state index is 0.170. The molecule has 4 aromatic rings. The van der Waals surface area contributed by atoms with Gasteiger partial charge in [-0.1, -0.05) is 63.7 Å². The van der Waals surface area contributed by atoms with Crippen LogP contribution in [-0.2, 0) is 6.42 Å². The minimum atomic E-state index is -0.659. The highest BCUT2D eigenvalue weighted by molar-refractivity contribution is 9.10. The van der Waals surface area contributed by atoms with Crippen molar-refractivity contribution in [3.8, 4) is 11.5 Å². The molecule has 0 amide bonds. The number of ether oxygens (including phenoxy) is 1. The number of nitrogens with zero attached hydrogens (tertiary/aromatic N) is 3. The summed E-state index contributed by atoms with van der Waals surface area (Å²) in [6.07, 6.45) is 3.07. The van der Waals surface area contributed by atoms with E-state index in [0.717, 1.165) is 35.2 Å². The lowest BCUT2D eigenvalue weighted by atomic mass is 9.83. The molecular weight excluding hydrogens is 570 g/mol. The molecule has 3 aromatic carbocycles. The molecule has 10 heteroatoms. The first-order chi connectivity index (χ1) is 18.4. The largest absolute Gasteiger partial charge is 0.502 e. The third kappa shape index (κ3) is 3.97. The van der Waals surface area contributed by atoms with Gasteiger partial charge in [0, 0.05) is 21.7 Å². The van der Waals surface area contributed by atoms with E-state index in [1.165, 1.54) is 29.0 Å². The number of thiazole rings is 1. The van der Waals surface area contributed by atoms with Crippen LogP contribution < -0.4 is 19.6 Å². The van der Waals surface area contributed by atoms with Crippen LogP contribution in [0.1, 0.15) is 34.7 Å². The quantitative estimate of drug-likeness (QED) is 0.274. The average Bonchev–Trinajstić information content (AvgIpc) is 3.23. The Kier molecular flexibility index (Phi) is 6.00. The van der Waals surface area contributed by atoms with E-state index in [1.807, 2.05) is 36.4 Å². The van der Waals surface area contributed by atoms with Gasteiger partial charge in [-0.3, -0.25) is 19.5 Å². The minimum Gasteiger partial charge on any atom is -0.502 e. The molecule has 1 aliphatic carbocycles. The number of allylic oxidation sites excluding steroid dienone is 1. The Hall–Kier alpha value is -4.02. The second-order valence-corrected chi connectivity index (χ2v) is 10.9. The maximum Gasteiger partial charge on any atom is 0.312 e. The lowest BCUT2D eigenvalue weighted by Crippen LogP contribution is -2.38. The summed E-state index contributed by atoms with van der Waals surface area (Å²) in [5.74, 6) is 0.188. The average molecular weight is 590 g/mol. The number of halogens is 1. The van der Waals surface area contributed by atoms with Crippen molar-refractivity contribution >= 4 is 44.7 Å². The van der Waals surface area contributed by atoms with Crippen molar-refractivity contribution in [2.75, 3.05) is 7.11 Å². The number of aromatic nitrogens is 1. The molecule has 0 bridgehead atoms. The van der Waals surface area contributed by atoms with Crippen molar-refractivity contribution < 1.29 is 14.8 Å². The maximum absolute atomic E-state index is 13.9. The van der Waals surface area contributed by atoms with Crippen LogP contribution in [0.15, 0.2) is 80.5 Å². The van der Waals surface area contributed by atoms with E-state index in [1.54, 1.807) is 17.7 Å². The molecule has 1 aromatic heterocycles. The number of phenolic OH excluding ortho intramolecular Hbond substituents is 1. The van der Waals surface area contributed by atoms with Gasteiger partial charge in [-0.05, 0) is 53.8 Å². The van der Waals surface area contributed by atoms with Gasteiger partial charge in [0.15, 0.2) is 4.80 Å². The third-order valence-electron chi connectivity index (χ3n) is 6.85. The Balaban J connectivity index is 1.63. The molecular formula is C28H20BrN3O5S. The summed E-state index contributed by atoms with van der Waals surface area (Å²) in [6, 6.07) is 18.2. The van der Waals surface area contributed by atoms with Crippen LogP contribution in [0.2, 0.25) is 0 Å². The number of nitro benzene ring substituents is 1. The number of methoxy groups -OCH3 is 1. The fourth-order valence-corrected chi connectivity index (χ4v) is 6.59. The summed E-state index contributed by atoms with van der Waals surface area (Å²) in [6.45, 7) is 0. The molecule has 190 valence electrons. The smallest absolute Gasteiger partial charge is 0.312 e. The van der Waals surface area contributed by atoms with Gasteiger partial charge in [0.2, 0.25) is 5.75 Å². The van der Waals surface area contributed by atoms with Gasteiger partial charge < -0.3 is 9.84 Å². The summed E-state index contributed by atoms with van der Waals surface area (Å²) in [5, 5.41) is 22.0. The zero-order chi connectivity index (χ0) is 26.6. The van der Waals surface area contributed by atoms with Crippen LogP contribution in [0, 0.1) is 10.1 Å². The third-order valence-corrected chi connectivity index (χ3v) is 8.29. The number of hydrogen-bond donors (Lipinski definition) is 1. The van der Waals surface area contributed by atoms with E-state index in [9.17, 15) is 20.0 Å². The number of rotatable bonds is 4. The maximum atomic E-state index is 13.9. The standard InChI is InChI=1S/C28H20BrN3O5S/c1-37-19-7-4-6-16(12-19)25-21-10-9-15-5-2-3-8-20(15)24(21)30-28-31(25)27(34)23(38-28)13-17-11-18(29)14-22(26(17)33)32(35)36/h2-8,11-14,25,33H,9-10H2,1H3. The van der Waals surface area contributed by atoms with Crippen molar-refractivity contribution in [3.05, 3.63) is 123 Å². The molecule has 0 fully saturated rings. The first kappa shape index (κ1) is 24.3. The predicted octanol–water partition coefficient (Wildman–Crippen LogP) is 4.70. The van der Waals surface area contributed by atoms with Gasteiger partial charge in [0.05, 0.1) is 28.3 Å². The number of aromatic hydroxyl groups is 1. The Labute approximate surface area is 228 Å². The number of hydrogen-bond acceptors (Lipinski definition) is 7. The van der Waals surface area contributed by atoms with Crippen LogP contribution in [0.25, 0.3) is 11.8 Å². The summed E-state index contributed by atoms with van der Waals surface area (Å²) in [4.78, 5) is 30.1. The van der Waals surface area contributed by atoms with E-state index < -0.39 is 22.4 Å². The highest BCUT2D eigenvalue weighted by atomic mass is 79.9. The first-order valence-electron chi connectivity index (χ1n) is 11.8. The highest BCUT2D eigenvalue weighted by Gasteiger charge is 2.32. The van der Waals surface area contributed by atoms with Crippen LogP contribution in [0.3, 0.4) is 0 Å². The number of aryl methyl sites for hydroxylation is 1. The molecule has 0 radical (unpaired) electrons. The Morgan fingerprint density at radius 3 is 2.79 bits per heavy atom. The second-order valence-electron chi connectivity index (χ2n) is 9.01. The molecule has 2 aliphatic rings. The summed E-state index contributed by atoms with van der Waals surface area (Å²) in [5.41, 5.74) is 4.53. The monoisotopic (exact) mass is 589 g/mol. The van der Waals surface area contributed by atoms with Crippen molar-refractivity contribution in [2.45, 2.75) is 18.9 Å². The number of benzene rings is 3. The SMILES string of the molecule is COc1cccc(C2C3=C(N=c4sc(=Cc5cc(Br)cc([N+](=O)[O-])c5O)c(=O)n42)c2ccccc2CC3)c1. The van der Waals surface area contributed by atoms with Crippen molar-refractivity contribution in [3.63, 3.8) is 0 Å². The number of nitro groups is 1. The van der Waals surface area contributed by atoms with Crippen molar-refractivity contribution in [2.24, 2.45) is 4.99 Å². The molecule has 38 heavy (non-hydrogen) atoms. The molecule has 0 saturated heterocycles. The predicted molar refractivity (Wildman–Crippen MR) is 148 cm³/mol. The molecule has 0 saturated carbocycles. The van der Waals surface area contributed by atoms with Crippen molar-refractivity contribution in [1.29, 1.82) is 0 Å². The lowest BCUT2D eigenvalue weighted by Gasteiger charge is -2.31. The molecule has 6 rings (SSSR count). The molecule has 1 unspecified atom stereocenters. The lowest BCUT2D eigenvalue weighted by molar-refractivity contribution is -0.385. The van der Waals surface area contributed by atoms with Gasteiger partial charge in [-0.25, -0.2) is 4.99 Å². The summed E-state index contributed by atoms with van der Waals surface area (Å²) >= 11 is 4.45. The topological polar surface area (TPSA) is 107 Å². The van der Waals surface area contributed by atoms with Gasteiger partial charge >= 0.3 is 5.69 Å². The Bertz CT molecular complexity index is 1860. The van der Waals surface area contributed by atoms with Crippen molar-refractivity contribution in [1.82, 2.24) is 4.57 Å². The molecule has 1 N–H and O–H groups in total. The molecule has 0 spiro atoms. The Morgan fingerprint density at radius 1 is 1.18 bits per heavy atom. The van der Waals surface area contributed by atoms with Crippen LogP contribution >= 0.6 is 27.3 Å². The molecule has 1 atom stereocenters. The Morgan fingerprint density at radius 2 is 2.00 bits per heavy atom. The summed E-state index contributed by atoms with van der Waals surface area (Å²) in [7, 11) is 1.61. The molecule has 1 aliphatic heterocycles. The van der Waals surface area contributed by atoms with E-state index >= 15 is 0 Å². The van der Waals surface area contributed by atoms with Gasteiger partial charge in [0.25, 0.3) is 5.56 Å². The van der Waals surface area contributed by atoms with Gasteiger partial charge in [0.1, 0.15) is 5.75 Å². The highest BCUT2D eigenvalue weighted by Crippen LogP contribution is 2.41. The van der Waals surface area contributed by atoms with Crippen LogP contribution in [0.4, 0.5) is 5.69 Å². The zero-order valence-electron chi connectivity index (χ0n) is 20.1. The fraction of sp³-hybridized carbons (Fsp3) is 0.143. The number of phenols is 1. The normalized spacial score (nSPS) is 16.4. The van der Waals surface area contributed by atoms with Gasteiger partial charge in [-0.2, -0.15) is 0 Å². The van der Waals surface area contributed by atoms with E-state index in [0.29, 0.717) is 19.6 Å². The van der Waals surface area contributed by atoms with E-state index in [-0.39, 0.29) is 11.1 Å². The fourth-order valence-electron chi connectivity index (χ4n) is 5.13. The van der Waals surface area contributed by atoms with Crippen LogP contribution in [-0.4, -0.2) is 21.7 Å². The first-order valence-corrected chi connectivity index (χ1v) is 13.4.